The Balaban J connectivity index is 1.73. The molecule has 0 bridgehead atoms. The molecule has 0 unspecified atom stereocenters. The summed E-state index contributed by atoms with van der Waals surface area (Å²) in [5.74, 6) is 1.45. The van der Waals surface area contributed by atoms with Crippen LogP contribution in [0.2, 0.25) is 0 Å². The van der Waals surface area contributed by atoms with E-state index in [1.54, 1.807) is 33.7 Å². The van der Waals surface area contributed by atoms with Crippen LogP contribution in [0.5, 0.6) is 11.5 Å². The summed E-state index contributed by atoms with van der Waals surface area (Å²) in [5, 5.41) is 10.7. The number of benzene rings is 2. The molecule has 2 N–H and O–H groups in total. The van der Waals surface area contributed by atoms with E-state index >= 15 is 0 Å². The van der Waals surface area contributed by atoms with E-state index in [0.29, 0.717) is 11.3 Å². The Bertz CT molecular complexity index is 1230. The van der Waals surface area contributed by atoms with Gasteiger partial charge in [-0.1, -0.05) is 0 Å². The highest BCUT2D eigenvalue weighted by atomic mass is 16.5. The summed E-state index contributed by atoms with van der Waals surface area (Å²) in [7, 11) is 5.12. The standard InChI is InChI=1S/C28H36N6O3/c1-19-17-33(18-20(2)37-19)8-9-34(23-10-24(35-4)13-25(11-23)36-5)22-6-7-26-27(12-22)32-28(16-31-26)21(14-29)15-30-3/h6-7,10-16,19-20,29-30H,8-9,17-18H2,1-5H3/b21-15+,29-14?/t19-,20+. The number of morpholine rings is 1. The molecule has 0 aliphatic carbocycles. The van der Waals surface area contributed by atoms with Gasteiger partial charge in [0.2, 0.25) is 0 Å². The van der Waals surface area contributed by atoms with Gasteiger partial charge in [-0.2, -0.15) is 0 Å². The zero-order valence-electron chi connectivity index (χ0n) is 22.2. The minimum atomic E-state index is 0.206. The lowest BCUT2D eigenvalue weighted by molar-refractivity contribution is -0.0669. The third-order valence-electron chi connectivity index (χ3n) is 6.37. The Morgan fingerprint density at radius 1 is 1.08 bits per heavy atom. The number of aromatic nitrogens is 2. The quantitative estimate of drug-likeness (QED) is 0.399. The van der Waals surface area contributed by atoms with Crippen LogP contribution in [0, 0.1) is 5.41 Å². The van der Waals surface area contributed by atoms with Gasteiger partial charge in [0.15, 0.2) is 0 Å². The molecule has 9 heteroatoms. The van der Waals surface area contributed by atoms with Crippen molar-refractivity contribution < 1.29 is 14.2 Å². The molecule has 196 valence electrons. The molecule has 0 radical (unpaired) electrons. The molecule has 4 rings (SSSR count). The number of hydrogen-bond acceptors (Lipinski definition) is 9. The van der Waals surface area contributed by atoms with Gasteiger partial charge >= 0.3 is 0 Å². The zero-order chi connectivity index (χ0) is 26.4. The first kappa shape index (κ1) is 26.4. The average molecular weight is 505 g/mol. The molecule has 1 fully saturated rings. The fourth-order valence-electron chi connectivity index (χ4n) is 4.72. The van der Waals surface area contributed by atoms with Crippen LogP contribution in [-0.2, 0) is 4.74 Å². The van der Waals surface area contributed by atoms with E-state index in [1.807, 2.05) is 30.3 Å². The van der Waals surface area contributed by atoms with Crippen molar-refractivity contribution in [1.29, 1.82) is 5.41 Å². The van der Waals surface area contributed by atoms with E-state index < -0.39 is 0 Å². The Hall–Kier alpha value is -3.69. The Morgan fingerprint density at radius 2 is 1.78 bits per heavy atom. The van der Waals surface area contributed by atoms with Gasteiger partial charge in [-0.25, -0.2) is 4.98 Å². The largest absolute Gasteiger partial charge is 0.497 e. The lowest BCUT2D eigenvalue weighted by Gasteiger charge is -2.37. The summed E-state index contributed by atoms with van der Waals surface area (Å²) in [4.78, 5) is 14.1. The molecular weight excluding hydrogens is 468 g/mol. The van der Waals surface area contributed by atoms with Crippen molar-refractivity contribution in [3.8, 4) is 11.5 Å². The summed E-state index contributed by atoms with van der Waals surface area (Å²) >= 11 is 0. The Labute approximate surface area is 218 Å². The van der Waals surface area contributed by atoms with Gasteiger partial charge in [-0.05, 0) is 32.0 Å². The Kier molecular flexibility index (Phi) is 8.58. The maximum Gasteiger partial charge on any atom is 0.124 e. The fraction of sp³-hybridized carbons (Fsp3) is 0.393. The molecule has 1 aromatic heterocycles. The van der Waals surface area contributed by atoms with E-state index in [2.05, 4.69) is 40.0 Å². The van der Waals surface area contributed by atoms with E-state index in [4.69, 9.17) is 24.6 Å². The monoisotopic (exact) mass is 504 g/mol. The highest BCUT2D eigenvalue weighted by molar-refractivity contribution is 6.07. The van der Waals surface area contributed by atoms with Gasteiger partial charge in [0, 0.05) is 80.8 Å². The smallest absolute Gasteiger partial charge is 0.124 e. The molecule has 0 spiro atoms. The first-order valence-corrected chi connectivity index (χ1v) is 12.5. The molecule has 1 aliphatic rings. The molecule has 37 heavy (non-hydrogen) atoms. The van der Waals surface area contributed by atoms with E-state index in [0.717, 1.165) is 60.1 Å². The zero-order valence-corrected chi connectivity index (χ0v) is 22.2. The van der Waals surface area contributed by atoms with Gasteiger partial charge in [0.1, 0.15) is 11.5 Å². The number of ether oxygens (including phenoxy) is 3. The number of nitrogens with zero attached hydrogens (tertiary/aromatic N) is 4. The topological polar surface area (TPSA) is 95.8 Å². The lowest BCUT2D eigenvalue weighted by Crippen LogP contribution is -2.47. The van der Waals surface area contributed by atoms with E-state index in [1.165, 1.54) is 6.21 Å². The second-order valence-corrected chi connectivity index (χ2v) is 9.20. The van der Waals surface area contributed by atoms with Gasteiger partial charge in [-0.15, -0.1) is 0 Å². The van der Waals surface area contributed by atoms with Crippen LogP contribution in [0.1, 0.15) is 19.5 Å². The first-order valence-electron chi connectivity index (χ1n) is 12.5. The molecule has 3 aromatic rings. The first-order chi connectivity index (χ1) is 17.9. The SMILES string of the molecule is CN/C=C(\C=N)c1cnc2ccc(N(CCN3C[C@@H](C)O[C@@H](C)C3)c3cc(OC)cc(OC)c3)cc2n1. The second-order valence-electron chi connectivity index (χ2n) is 9.20. The van der Waals surface area contributed by atoms with Crippen molar-refractivity contribution in [2.24, 2.45) is 0 Å². The molecular formula is C28H36N6O3. The van der Waals surface area contributed by atoms with Crippen molar-refractivity contribution in [3.05, 3.63) is 54.5 Å². The molecule has 1 aliphatic heterocycles. The maximum absolute atomic E-state index is 7.74. The number of methoxy groups -OCH3 is 2. The summed E-state index contributed by atoms with van der Waals surface area (Å²) in [6.07, 6.45) is 5.12. The molecule has 2 aromatic carbocycles. The summed E-state index contributed by atoms with van der Waals surface area (Å²) in [5.41, 5.74) is 4.79. The molecule has 1 saturated heterocycles. The highest BCUT2D eigenvalue weighted by Gasteiger charge is 2.23. The van der Waals surface area contributed by atoms with Crippen molar-refractivity contribution in [3.63, 3.8) is 0 Å². The minimum Gasteiger partial charge on any atom is -0.497 e. The molecule has 0 amide bonds. The van der Waals surface area contributed by atoms with Crippen LogP contribution in [-0.4, -0.2) is 80.7 Å². The van der Waals surface area contributed by atoms with Crippen LogP contribution in [0.15, 0.2) is 48.8 Å². The predicted molar refractivity (Wildman–Crippen MR) is 148 cm³/mol. The average Bonchev–Trinajstić information content (AvgIpc) is 2.90. The number of nitrogens with one attached hydrogen (secondary N) is 2. The van der Waals surface area contributed by atoms with Crippen LogP contribution in [0.3, 0.4) is 0 Å². The van der Waals surface area contributed by atoms with Crippen LogP contribution >= 0.6 is 0 Å². The van der Waals surface area contributed by atoms with Crippen molar-refractivity contribution in [1.82, 2.24) is 20.2 Å². The molecule has 2 heterocycles. The number of anilines is 2. The van der Waals surface area contributed by atoms with Gasteiger partial charge < -0.3 is 29.8 Å². The van der Waals surface area contributed by atoms with E-state index in [-0.39, 0.29) is 12.2 Å². The third-order valence-corrected chi connectivity index (χ3v) is 6.37. The summed E-state index contributed by atoms with van der Waals surface area (Å²) < 4.78 is 17.1. The van der Waals surface area contributed by atoms with Crippen LogP contribution < -0.4 is 19.7 Å². The lowest BCUT2D eigenvalue weighted by atomic mass is 10.1. The molecule has 9 nitrogen and oxygen atoms in total. The number of rotatable bonds is 10. The second kappa shape index (κ2) is 12.0. The molecule has 2 atom stereocenters. The van der Waals surface area contributed by atoms with Crippen LogP contribution in [0.25, 0.3) is 16.6 Å². The van der Waals surface area contributed by atoms with E-state index in [9.17, 15) is 0 Å². The third kappa shape index (κ3) is 6.36. The predicted octanol–water partition coefficient (Wildman–Crippen LogP) is 4.10. The van der Waals surface area contributed by atoms with Crippen molar-refractivity contribution in [2.75, 3.05) is 52.3 Å². The molecule has 0 saturated carbocycles. The Morgan fingerprint density at radius 3 is 2.41 bits per heavy atom. The maximum atomic E-state index is 7.74. The fourth-order valence-corrected chi connectivity index (χ4v) is 4.72. The van der Waals surface area contributed by atoms with Gasteiger partial charge in [0.25, 0.3) is 0 Å². The number of hydrogen-bond donors (Lipinski definition) is 2. The van der Waals surface area contributed by atoms with Gasteiger partial charge in [0.05, 0.1) is 49.4 Å². The number of fused-ring (bicyclic) bond motifs is 1. The van der Waals surface area contributed by atoms with Crippen LogP contribution in [0.4, 0.5) is 11.4 Å². The van der Waals surface area contributed by atoms with Gasteiger partial charge in [-0.3, -0.25) is 9.88 Å². The summed E-state index contributed by atoms with van der Waals surface area (Å²) in [6, 6.07) is 12.0. The summed E-state index contributed by atoms with van der Waals surface area (Å²) in [6.45, 7) is 7.66. The highest BCUT2D eigenvalue weighted by Crippen LogP contribution is 2.34. The normalized spacial score (nSPS) is 18.5. The van der Waals surface area contributed by atoms with Crippen molar-refractivity contribution in [2.45, 2.75) is 26.1 Å². The minimum absolute atomic E-state index is 0.206. The van der Waals surface area contributed by atoms with Crippen molar-refractivity contribution >= 4 is 34.2 Å². The number of allylic oxidation sites excluding steroid dienone is 1.